The Balaban J connectivity index is 0.00000225. The molecule has 2 aliphatic rings. The third-order valence-electron chi connectivity index (χ3n) is 5.34. The SMILES string of the molecule is CN(C(=O)C[C@@H]1CCC[C@H]1N)C1CCN(c2ccccc2F)C1=O.Cl. The highest BCUT2D eigenvalue weighted by Crippen LogP contribution is 2.29. The molecule has 1 aliphatic carbocycles. The summed E-state index contributed by atoms with van der Waals surface area (Å²) in [6.07, 6.45) is 3.91. The first-order valence-corrected chi connectivity index (χ1v) is 8.56. The van der Waals surface area contributed by atoms with Crippen molar-refractivity contribution in [3.8, 4) is 0 Å². The van der Waals surface area contributed by atoms with Gasteiger partial charge in [0.05, 0.1) is 5.69 Å². The van der Waals surface area contributed by atoms with Crippen LogP contribution in [0.5, 0.6) is 0 Å². The van der Waals surface area contributed by atoms with Crippen molar-refractivity contribution >= 4 is 29.9 Å². The van der Waals surface area contributed by atoms with Crippen LogP contribution in [-0.2, 0) is 9.59 Å². The summed E-state index contributed by atoms with van der Waals surface area (Å²) in [5.41, 5.74) is 6.32. The van der Waals surface area contributed by atoms with E-state index in [4.69, 9.17) is 5.73 Å². The molecule has 2 fully saturated rings. The number of carbonyl (C=O) groups is 2. The fourth-order valence-electron chi connectivity index (χ4n) is 3.80. The van der Waals surface area contributed by atoms with Gasteiger partial charge in [0, 0.05) is 26.1 Å². The Bertz CT molecular complexity index is 643. The van der Waals surface area contributed by atoms with Crippen molar-refractivity contribution < 1.29 is 14.0 Å². The molecule has 2 amide bonds. The van der Waals surface area contributed by atoms with E-state index in [9.17, 15) is 14.0 Å². The third-order valence-corrected chi connectivity index (χ3v) is 5.34. The van der Waals surface area contributed by atoms with E-state index in [1.165, 1.54) is 15.9 Å². The number of carbonyl (C=O) groups excluding carboxylic acids is 2. The largest absolute Gasteiger partial charge is 0.334 e. The molecule has 7 heteroatoms. The fraction of sp³-hybridized carbons (Fsp3) is 0.556. The van der Waals surface area contributed by atoms with Crippen LogP contribution in [0.25, 0.3) is 0 Å². The molecule has 1 heterocycles. The number of benzene rings is 1. The second-order valence-electron chi connectivity index (χ2n) is 6.81. The van der Waals surface area contributed by atoms with Crippen LogP contribution in [0.2, 0.25) is 0 Å². The minimum absolute atomic E-state index is 0. The van der Waals surface area contributed by atoms with E-state index in [1.807, 2.05) is 0 Å². The Labute approximate surface area is 153 Å². The minimum atomic E-state index is -0.519. The number of para-hydroxylation sites is 1. The van der Waals surface area contributed by atoms with Gasteiger partial charge in [0.15, 0.2) is 0 Å². The van der Waals surface area contributed by atoms with Crippen LogP contribution in [0.4, 0.5) is 10.1 Å². The Morgan fingerprint density at radius 3 is 2.68 bits per heavy atom. The minimum Gasteiger partial charge on any atom is -0.334 e. The highest BCUT2D eigenvalue weighted by atomic mass is 35.5. The number of nitrogens with zero attached hydrogens (tertiary/aromatic N) is 2. The van der Waals surface area contributed by atoms with Gasteiger partial charge in [-0.15, -0.1) is 12.4 Å². The molecule has 0 spiro atoms. The number of likely N-dealkylation sites (N-methyl/N-ethyl adjacent to an activating group) is 1. The predicted molar refractivity (Wildman–Crippen MR) is 97.1 cm³/mol. The molecule has 1 aliphatic heterocycles. The highest BCUT2D eigenvalue weighted by Gasteiger charge is 2.38. The van der Waals surface area contributed by atoms with Gasteiger partial charge in [-0.3, -0.25) is 9.59 Å². The molecule has 1 saturated heterocycles. The quantitative estimate of drug-likeness (QED) is 0.885. The maximum absolute atomic E-state index is 13.9. The Morgan fingerprint density at radius 2 is 2.04 bits per heavy atom. The van der Waals surface area contributed by atoms with Crippen LogP contribution in [0.3, 0.4) is 0 Å². The summed E-state index contributed by atoms with van der Waals surface area (Å²) >= 11 is 0. The fourth-order valence-corrected chi connectivity index (χ4v) is 3.80. The zero-order chi connectivity index (χ0) is 17.3. The lowest BCUT2D eigenvalue weighted by Crippen LogP contribution is -2.44. The number of halogens is 2. The zero-order valence-electron chi connectivity index (χ0n) is 14.4. The van der Waals surface area contributed by atoms with Crippen LogP contribution in [0.1, 0.15) is 32.1 Å². The van der Waals surface area contributed by atoms with Crippen LogP contribution < -0.4 is 10.6 Å². The third kappa shape index (κ3) is 3.96. The van der Waals surface area contributed by atoms with Gasteiger partial charge in [0.25, 0.3) is 0 Å². The van der Waals surface area contributed by atoms with E-state index in [0.29, 0.717) is 19.4 Å². The van der Waals surface area contributed by atoms with Gasteiger partial charge in [0.1, 0.15) is 11.9 Å². The number of hydrogen-bond acceptors (Lipinski definition) is 3. The standard InChI is InChI=1S/C18H24FN3O2.ClH/c1-21(17(23)11-12-5-4-7-14(12)20)16-9-10-22(18(16)24)15-8-3-2-6-13(15)19;/h2-3,6,8,12,14,16H,4-5,7,9-11,20H2,1H3;1H/t12-,14+,16?;/m0./s1. The lowest BCUT2D eigenvalue weighted by molar-refractivity contribution is -0.137. The van der Waals surface area contributed by atoms with E-state index in [2.05, 4.69) is 0 Å². The molecule has 0 bridgehead atoms. The number of nitrogens with two attached hydrogens (primary N) is 1. The van der Waals surface area contributed by atoms with Crippen LogP contribution in [0, 0.1) is 11.7 Å². The number of amides is 2. The first kappa shape index (κ1) is 19.7. The van der Waals surface area contributed by atoms with Crippen molar-refractivity contribution in [2.45, 2.75) is 44.2 Å². The summed E-state index contributed by atoms with van der Waals surface area (Å²) in [6, 6.07) is 5.79. The molecular weight excluding hydrogens is 345 g/mol. The van der Waals surface area contributed by atoms with Crippen molar-refractivity contribution in [2.75, 3.05) is 18.5 Å². The maximum Gasteiger partial charge on any atom is 0.249 e. The summed E-state index contributed by atoms with van der Waals surface area (Å²) in [4.78, 5) is 28.1. The molecule has 25 heavy (non-hydrogen) atoms. The van der Waals surface area contributed by atoms with Gasteiger partial charge in [0.2, 0.25) is 11.8 Å². The molecular formula is C18H25ClFN3O2. The van der Waals surface area contributed by atoms with Gasteiger partial charge in [-0.05, 0) is 37.3 Å². The first-order valence-electron chi connectivity index (χ1n) is 8.56. The second kappa shape index (κ2) is 8.15. The molecule has 3 rings (SSSR count). The molecule has 1 saturated carbocycles. The molecule has 3 atom stereocenters. The van der Waals surface area contributed by atoms with E-state index >= 15 is 0 Å². The van der Waals surface area contributed by atoms with E-state index < -0.39 is 11.9 Å². The van der Waals surface area contributed by atoms with Gasteiger partial charge in [-0.2, -0.15) is 0 Å². The van der Waals surface area contributed by atoms with E-state index in [-0.39, 0.29) is 41.9 Å². The molecule has 138 valence electrons. The Hall–Kier alpha value is -1.66. The van der Waals surface area contributed by atoms with E-state index in [1.54, 1.807) is 25.2 Å². The summed E-state index contributed by atoms with van der Waals surface area (Å²) < 4.78 is 13.9. The first-order chi connectivity index (χ1) is 11.5. The Kier molecular flexibility index (Phi) is 6.41. The molecule has 0 aromatic heterocycles. The summed E-state index contributed by atoms with van der Waals surface area (Å²) in [5.74, 6) is -0.478. The Morgan fingerprint density at radius 1 is 1.32 bits per heavy atom. The lowest BCUT2D eigenvalue weighted by Gasteiger charge is -2.26. The molecule has 1 unspecified atom stereocenters. The zero-order valence-corrected chi connectivity index (χ0v) is 15.2. The molecule has 1 aromatic carbocycles. The molecule has 1 aromatic rings. The van der Waals surface area contributed by atoms with Crippen molar-refractivity contribution in [3.05, 3.63) is 30.1 Å². The van der Waals surface area contributed by atoms with Gasteiger partial charge >= 0.3 is 0 Å². The summed E-state index contributed by atoms with van der Waals surface area (Å²) in [6.45, 7) is 0.422. The van der Waals surface area contributed by atoms with Crippen LogP contribution in [0.15, 0.2) is 24.3 Å². The van der Waals surface area contributed by atoms with E-state index in [0.717, 1.165) is 19.3 Å². The van der Waals surface area contributed by atoms with Gasteiger partial charge in [-0.1, -0.05) is 18.6 Å². The van der Waals surface area contributed by atoms with Crippen LogP contribution >= 0.6 is 12.4 Å². The number of hydrogen-bond donors (Lipinski definition) is 1. The molecule has 5 nitrogen and oxygen atoms in total. The van der Waals surface area contributed by atoms with Crippen molar-refractivity contribution in [1.29, 1.82) is 0 Å². The molecule has 2 N–H and O–H groups in total. The summed E-state index contributed by atoms with van der Waals surface area (Å²) in [5, 5.41) is 0. The predicted octanol–water partition coefficient (Wildman–Crippen LogP) is 2.33. The van der Waals surface area contributed by atoms with Gasteiger partial charge in [-0.25, -0.2) is 4.39 Å². The molecule has 0 radical (unpaired) electrons. The average molecular weight is 370 g/mol. The maximum atomic E-state index is 13.9. The second-order valence-corrected chi connectivity index (χ2v) is 6.81. The van der Waals surface area contributed by atoms with Crippen molar-refractivity contribution in [3.63, 3.8) is 0 Å². The monoisotopic (exact) mass is 369 g/mol. The van der Waals surface area contributed by atoms with Crippen molar-refractivity contribution in [2.24, 2.45) is 11.7 Å². The summed E-state index contributed by atoms with van der Waals surface area (Å²) in [7, 11) is 1.66. The topological polar surface area (TPSA) is 66.6 Å². The van der Waals surface area contributed by atoms with Crippen molar-refractivity contribution in [1.82, 2.24) is 4.90 Å². The highest BCUT2D eigenvalue weighted by molar-refractivity contribution is 6.01. The normalized spacial score (nSPS) is 25.8. The average Bonchev–Trinajstić information content (AvgIpc) is 3.13. The van der Waals surface area contributed by atoms with Crippen LogP contribution in [-0.4, -0.2) is 42.4 Å². The smallest absolute Gasteiger partial charge is 0.249 e. The lowest BCUT2D eigenvalue weighted by atomic mass is 9.99. The number of rotatable bonds is 4. The number of anilines is 1. The van der Waals surface area contributed by atoms with Gasteiger partial charge < -0.3 is 15.5 Å².